The highest BCUT2D eigenvalue weighted by Crippen LogP contribution is 2.38. The van der Waals surface area contributed by atoms with E-state index in [1.807, 2.05) is 0 Å². The first-order chi connectivity index (χ1) is 8.01. The molecule has 3 heteroatoms. The zero-order valence-corrected chi connectivity index (χ0v) is 12.0. The molecule has 0 aliphatic heterocycles. The Labute approximate surface area is 109 Å². The van der Waals surface area contributed by atoms with Crippen molar-refractivity contribution in [1.82, 2.24) is 4.98 Å². The van der Waals surface area contributed by atoms with E-state index in [9.17, 15) is 0 Å². The monoisotopic (exact) mass is 252 g/mol. The molecule has 1 heterocycles. The molecule has 1 saturated carbocycles. The molecular formula is C14H24N2S. The number of hydrogen-bond acceptors (Lipinski definition) is 3. The van der Waals surface area contributed by atoms with E-state index in [0.717, 1.165) is 5.01 Å². The predicted octanol–water partition coefficient (Wildman–Crippen LogP) is 4.02. The van der Waals surface area contributed by atoms with Gasteiger partial charge < -0.3 is 5.73 Å². The Morgan fingerprint density at radius 2 is 2.00 bits per heavy atom. The van der Waals surface area contributed by atoms with Crippen LogP contribution in [0.3, 0.4) is 0 Å². The lowest BCUT2D eigenvalue weighted by atomic mass is 9.76. The lowest BCUT2D eigenvalue weighted by Gasteiger charge is -2.35. The van der Waals surface area contributed by atoms with E-state index < -0.39 is 0 Å². The third-order valence-corrected chi connectivity index (χ3v) is 5.14. The number of nitrogens with two attached hydrogens (primary N) is 1. The van der Waals surface area contributed by atoms with Gasteiger partial charge in [0.1, 0.15) is 5.01 Å². The van der Waals surface area contributed by atoms with E-state index in [1.165, 1.54) is 37.8 Å². The van der Waals surface area contributed by atoms with Gasteiger partial charge in [-0.2, -0.15) is 0 Å². The predicted molar refractivity (Wildman–Crippen MR) is 74.3 cm³/mol. The van der Waals surface area contributed by atoms with Crippen molar-refractivity contribution in [3.63, 3.8) is 0 Å². The van der Waals surface area contributed by atoms with E-state index >= 15 is 0 Å². The number of nitrogens with zero attached hydrogens (tertiary/aromatic N) is 1. The van der Waals surface area contributed by atoms with Crippen molar-refractivity contribution in [3.05, 3.63) is 16.1 Å². The lowest BCUT2D eigenvalue weighted by Crippen LogP contribution is -2.42. The summed E-state index contributed by atoms with van der Waals surface area (Å²) in [5.41, 5.74) is 7.54. The van der Waals surface area contributed by atoms with Gasteiger partial charge in [-0.25, -0.2) is 4.98 Å². The van der Waals surface area contributed by atoms with E-state index in [4.69, 9.17) is 10.7 Å². The molecule has 0 bridgehead atoms. The molecule has 1 atom stereocenters. The van der Waals surface area contributed by atoms with Gasteiger partial charge in [-0.1, -0.05) is 33.1 Å². The molecule has 17 heavy (non-hydrogen) atoms. The Morgan fingerprint density at radius 3 is 2.53 bits per heavy atom. The first-order valence-corrected chi connectivity index (χ1v) is 7.64. The van der Waals surface area contributed by atoms with Gasteiger partial charge in [-0.05, 0) is 31.6 Å². The molecule has 1 fully saturated rings. The second-order valence-electron chi connectivity index (χ2n) is 5.85. The normalized spacial score (nSPS) is 21.7. The van der Waals surface area contributed by atoms with Crippen LogP contribution in [0.4, 0.5) is 0 Å². The second-order valence-corrected chi connectivity index (χ2v) is 6.71. The number of aromatic nitrogens is 1. The molecule has 2 N–H and O–H groups in total. The summed E-state index contributed by atoms with van der Waals surface area (Å²) in [6.45, 7) is 6.55. The highest BCUT2D eigenvalue weighted by Gasteiger charge is 2.35. The molecule has 1 unspecified atom stereocenters. The van der Waals surface area contributed by atoms with Gasteiger partial charge in [0, 0.05) is 5.38 Å². The van der Waals surface area contributed by atoms with Crippen LogP contribution in [-0.4, -0.2) is 4.98 Å². The van der Waals surface area contributed by atoms with Gasteiger partial charge in [-0.15, -0.1) is 11.3 Å². The maximum atomic E-state index is 6.57. The van der Waals surface area contributed by atoms with Crippen LogP contribution in [-0.2, 0) is 5.54 Å². The maximum absolute atomic E-state index is 6.57. The zero-order chi connectivity index (χ0) is 12.5. The molecule has 2 rings (SSSR count). The number of thiazole rings is 1. The van der Waals surface area contributed by atoms with E-state index in [1.54, 1.807) is 11.3 Å². The summed E-state index contributed by atoms with van der Waals surface area (Å²) in [5.74, 6) is 1.12. The van der Waals surface area contributed by atoms with E-state index in [0.29, 0.717) is 11.8 Å². The van der Waals surface area contributed by atoms with Crippen LogP contribution in [0.2, 0.25) is 0 Å². The van der Waals surface area contributed by atoms with Crippen LogP contribution in [0.5, 0.6) is 0 Å². The Bertz CT molecular complexity index is 362. The molecule has 1 aliphatic rings. The van der Waals surface area contributed by atoms with Crippen molar-refractivity contribution in [3.8, 4) is 0 Å². The van der Waals surface area contributed by atoms with Gasteiger partial charge in [-0.3, -0.25) is 0 Å². The molecule has 0 spiro atoms. The number of hydrogen-bond donors (Lipinski definition) is 1. The summed E-state index contributed by atoms with van der Waals surface area (Å²) >= 11 is 1.74. The third-order valence-electron chi connectivity index (χ3n) is 4.03. The quantitative estimate of drug-likeness (QED) is 0.882. The molecule has 1 aromatic rings. The Morgan fingerprint density at radius 1 is 1.35 bits per heavy atom. The molecule has 0 aromatic carbocycles. The molecule has 2 nitrogen and oxygen atoms in total. The standard InChI is InChI=1S/C14H24N2S/c1-10(2)12-9-17-13(16-12)14(3,15)11-7-5-4-6-8-11/h9-11H,4-8,15H2,1-3H3. The largest absolute Gasteiger partial charge is 0.319 e. The minimum atomic E-state index is -0.224. The lowest BCUT2D eigenvalue weighted by molar-refractivity contribution is 0.223. The van der Waals surface area contributed by atoms with Gasteiger partial charge in [0.15, 0.2) is 0 Å². The van der Waals surface area contributed by atoms with Crippen LogP contribution in [0.15, 0.2) is 5.38 Å². The average molecular weight is 252 g/mol. The first kappa shape index (κ1) is 13.0. The SMILES string of the molecule is CC(C)c1csc(C(C)(N)C2CCCCC2)n1. The molecular weight excluding hydrogens is 228 g/mol. The third kappa shape index (κ3) is 2.71. The van der Waals surface area contributed by atoms with Crippen molar-refractivity contribution in [2.45, 2.75) is 64.3 Å². The highest BCUT2D eigenvalue weighted by molar-refractivity contribution is 7.09. The average Bonchev–Trinajstić information content (AvgIpc) is 2.80. The summed E-state index contributed by atoms with van der Waals surface area (Å²) < 4.78 is 0. The van der Waals surface area contributed by atoms with Gasteiger partial charge in [0.2, 0.25) is 0 Å². The fraction of sp³-hybridized carbons (Fsp3) is 0.786. The van der Waals surface area contributed by atoms with Crippen LogP contribution < -0.4 is 5.73 Å². The minimum Gasteiger partial charge on any atom is -0.319 e. The Balaban J connectivity index is 2.17. The van der Waals surface area contributed by atoms with E-state index in [-0.39, 0.29) is 5.54 Å². The van der Waals surface area contributed by atoms with Crippen LogP contribution >= 0.6 is 11.3 Å². The maximum Gasteiger partial charge on any atom is 0.113 e. The van der Waals surface area contributed by atoms with Crippen LogP contribution in [0, 0.1) is 5.92 Å². The topological polar surface area (TPSA) is 38.9 Å². The van der Waals surface area contributed by atoms with Crippen molar-refractivity contribution in [2.24, 2.45) is 11.7 Å². The fourth-order valence-corrected chi connectivity index (χ4v) is 3.81. The van der Waals surface area contributed by atoms with Crippen molar-refractivity contribution < 1.29 is 0 Å². The zero-order valence-electron chi connectivity index (χ0n) is 11.2. The molecule has 1 aliphatic carbocycles. The number of rotatable bonds is 3. The molecule has 0 radical (unpaired) electrons. The smallest absolute Gasteiger partial charge is 0.113 e. The van der Waals surface area contributed by atoms with Gasteiger partial charge in [0.05, 0.1) is 11.2 Å². The van der Waals surface area contributed by atoms with Crippen LogP contribution in [0.1, 0.15) is 69.5 Å². The van der Waals surface area contributed by atoms with Crippen molar-refractivity contribution in [2.75, 3.05) is 0 Å². The minimum absolute atomic E-state index is 0.224. The van der Waals surface area contributed by atoms with Crippen molar-refractivity contribution in [1.29, 1.82) is 0 Å². The van der Waals surface area contributed by atoms with E-state index in [2.05, 4.69) is 26.2 Å². The summed E-state index contributed by atoms with van der Waals surface area (Å²) in [6, 6.07) is 0. The molecule has 96 valence electrons. The first-order valence-electron chi connectivity index (χ1n) is 6.76. The van der Waals surface area contributed by atoms with Gasteiger partial charge >= 0.3 is 0 Å². The molecule has 0 amide bonds. The summed E-state index contributed by atoms with van der Waals surface area (Å²) in [6.07, 6.45) is 6.58. The summed E-state index contributed by atoms with van der Waals surface area (Å²) in [4.78, 5) is 4.75. The molecule has 0 saturated heterocycles. The fourth-order valence-electron chi connectivity index (χ4n) is 2.68. The summed E-state index contributed by atoms with van der Waals surface area (Å²) in [5, 5.41) is 3.31. The Hall–Kier alpha value is -0.410. The molecule has 1 aromatic heterocycles. The van der Waals surface area contributed by atoms with Crippen molar-refractivity contribution >= 4 is 11.3 Å². The summed E-state index contributed by atoms with van der Waals surface area (Å²) in [7, 11) is 0. The Kier molecular flexibility index (Phi) is 3.88. The van der Waals surface area contributed by atoms with Gasteiger partial charge in [0.25, 0.3) is 0 Å². The second kappa shape index (κ2) is 5.07. The highest BCUT2D eigenvalue weighted by atomic mass is 32.1. The van der Waals surface area contributed by atoms with Crippen LogP contribution in [0.25, 0.3) is 0 Å².